The van der Waals surface area contributed by atoms with E-state index in [1.54, 1.807) is 23.1 Å². The summed E-state index contributed by atoms with van der Waals surface area (Å²) in [5, 5.41) is 3.90. The highest BCUT2D eigenvalue weighted by Crippen LogP contribution is 2.23. The quantitative estimate of drug-likeness (QED) is 0.890. The Hall–Kier alpha value is -1.92. The first-order chi connectivity index (χ1) is 11.0. The van der Waals surface area contributed by atoms with Crippen LogP contribution in [-0.2, 0) is 0 Å². The molecule has 2 amide bonds. The summed E-state index contributed by atoms with van der Waals surface area (Å²) in [7, 11) is 0. The van der Waals surface area contributed by atoms with Crippen molar-refractivity contribution in [3.05, 3.63) is 44.9 Å². The third kappa shape index (κ3) is 4.09. The highest BCUT2D eigenvalue weighted by Gasteiger charge is 2.17. The molecule has 0 radical (unpaired) electrons. The van der Waals surface area contributed by atoms with E-state index in [2.05, 4.69) is 10.3 Å². The molecule has 1 aromatic heterocycles. The molecule has 2 rings (SSSR count). The van der Waals surface area contributed by atoms with Crippen LogP contribution in [0.2, 0.25) is 5.02 Å². The van der Waals surface area contributed by atoms with E-state index in [1.165, 1.54) is 17.5 Å². The minimum atomic E-state index is -0.241. The molecule has 0 spiro atoms. The van der Waals surface area contributed by atoms with Gasteiger partial charge in [-0.15, -0.1) is 11.3 Å². The third-order valence-electron chi connectivity index (χ3n) is 3.35. The summed E-state index contributed by atoms with van der Waals surface area (Å²) >= 11 is 7.53. The standard InChI is InChI=1S/C16H18ClN3O2S/c1-4-20(5-2)16(22)12-7-6-11(8-13(12)17)19-15(21)14-9-18-10(3)23-14/h6-9H,4-5H2,1-3H3,(H,19,21). The number of anilines is 1. The second-order valence-electron chi connectivity index (χ2n) is 4.87. The van der Waals surface area contributed by atoms with Gasteiger partial charge in [-0.2, -0.15) is 0 Å². The lowest BCUT2D eigenvalue weighted by atomic mass is 10.1. The Kier molecular flexibility index (Phi) is 5.74. The topological polar surface area (TPSA) is 62.3 Å². The molecule has 0 saturated heterocycles. The van der Waals surface area contributed by atoms with E-state index in [9.17, 15) is 9.59 Å². The monoisotopic (exact) mass is 351 g/mol. The average Bonchev–Trinajstić information content (AvgIpc) is 2.95. The van der Waals surface area contributed by atoms with Crippen LogP contribution in [0.4, 0.5) is 5.69 Å². The molecule has 0 aliphatic heterocycles. The maximum Gasteiger partial charge on any atom is 0.267 e. The van der Waals surface area contributed by atoms with Crippen LogP contribution in [0.5, 0.6) is 0 Å². The minimum absolute atomic E-state index is 0.115. The second-order valence-corrected chi connectivity index (χ2v) is 6.51. The van der Waals surface area contributed by atoms with Gasteiger partial charge in [0.05, 0.1) is 21.8 Å². The molecule has 1 heterocycles. The number of halogens is 1. The highest BCUT2D eigenvalue weighted by molar-refractivity contribution is 7.13. The minimum Gasteiger partial charge on any atom is -0.339 e. The summed E-state index contributed by atoms with van der Waals surface area (Å²) < 4.78 is 0. The van der Waals surface area contributed by atoms with Crippen LogP contribution in [0.15, 0.2) is 24.4 Å². The van der Waals surface area contributed by atoms with E-state index in [1.807, 2.05) is 20.8 Å². The van der Waals surface area contributed by atoms with Crippen LogP contribution in [0, 0.1) is 6.92 Å². The molecular formula is C16H18ClN3O2S. The first kappa shape index (κ1) is 17.4. The lowest BCUT2D eigenvalue weighted by Crippen LogP contribution is -2.30. The predicted octanol–water partition coefficient (Wildman–Crippen LogP) is 3.84. The molecule has 0 saturated carbocycles. The van der Waals surface area contributed by atoms with Crippen molar-refractivity contribution in [2.75, 3.05) is 18.4 Å². The number of thiazole rings is 1. The fraction of sp³-hybridized carbons (Fsp3) is 0.312. The predicted molar refractivity (Wildman–Crippen MR) is 93.5 cm³/mol. The zero-order valence-electron chi connectivity index (χ0n) is 13.2. The van der Waals surface area contributed by atoms with Gasteiger partial charge in [-0.3, -0.25) is 9.59 Å². The fourth-order valence-electron chi connectivity index (χ4n) is 2.11. The maximum atomic E-state index is 12.3. The summed E-state index contributed by atoms with van der Waals surface area (Å²) in [4.78, 5) is 30.7. The molecule has 7 heteroatoms. The van der Waals surface area contributed by atoms with Gasteiger partial charge in [-0.25, -0.2) is 4.98 Å². The number of carbonyl (C=O) groups excluding carboxylic acids is 2. The van der Waals surface area contributed by atoms with Gasteiger partial charge in [-0.05, 0) is 39.0 Å². The van der Waals surface area contributed by atoms with Gasteiger partial charge in [0.15, 0.2) is 0 Å². The molecule has 0 aliphatic rings. The van der Waals surface area contributed by atoms with E-state index in [0.29, 0.717) is 34.2 Å². The summed E-state index contributed by atoms with van der Waals surface area (Å²) in [5.41, 5.74) is 0.976. The van der Waals surface area contributed by atoms with E-state index < -0.39 is 0 Å². The second kappa shape index (κ2) is 7.57. The van der Waals surface area contributed by atoms with Crippen molar-refractivity contribution in [2.24, 2.45) is 0 Å². The number of amides is 2. The molecule has 1 aromatic carbocycles. The zero-order chi connectivity index (χ0) is 17.0. The van der Waals surface area contributed by atoms with E-state index in [-0.39, 0.29) is 11.8 Å². The average molecular weight is 352 g/mol. The molecule has 0 aliphatic carbocycles. The fourth-order valence-corrected chi connectivity index (χ4v) is 3.04. The number of hydrogen-bond acceptors (Lipinski definition) is 4. The van der Waals surface area contributed by atoms with Gasteiger partial charge in [0.25, 0.3) is 11.8 Å². The van der Waals surface area contributed by atoms with Crippen LogP contribution in [0.1, 0.15) is 38.9 Å². The number of nitrogens with one attached hydrogen (secondary N) is 1. The number of carbonyl (C=O) groups is 2. The van der Waals surface area contributed by atoms with Gasteiger partial charge in [0, 0.05) is 18.8 Å². The number of hydrogen-bond donors (Lipinski definition) is 1. The summed E-state index contributed by atoms with van der Waals surface area (Å²) in [6, 6.07) is 4.90. The molecule has 0 unspecified atom stereocenters. The Morgan fingerprint density at radius 2 is 2.00 bits per heavy atom. The molecule has 23 heavy (non-hydrogen) atoms. The van der Waals surface area contributed by atoms with Crippen molar-refractivity contribution in [1.29, 1.82) is 0 Å². The summed E-state index contributed by atoms with van der Waals surface area (Å²) in [6.07, 6.45) is 1.54. The first-order valence-corrected chi connectivity index (χ1v) is 8.48. The third-order valence-corrected chi connectivity index (χ3v) is 4.58. The van der Waals surface area contributed by atoms with Crippen molar-refractivity contribution in [3.8, 4) is 0 Å². The molecule has 0 bridgehead atoms. The van der Waals surface area contributed by atoms with E-state index in [4.69, 9.17) is 11.6 Å². The van der Waals surface area contributed by atoms with Crippen molar-refractivity contribution in [2.45, 2.75) is 20.8 Å². The van der Waals surface area contributed by atoms with Gasteiger partial charge in [-0.1, -0.05) is 11.6 Å². The Labute approximate surface area is 144 Å². The SMILES string of the molecule is CCN(CC)C(=O)c1ccc(NC(=O)c2cnc(C)s2)cc1Cl. The summed E-state index contributed by atoms with van der Waals surface area (Å²) in [6.45, 7) is 6.91. The normalized spacial score (nSPS) is 10.4. The van der Waals surface area contributed by atoms with E-state index >= 15 is 0 Å². The smallest absolute Gasteiger partial charge is 0.267 e. The molecule has 0 atom stereocenters. The molecular weight excluding hydrogens is 334 g/mol. The Morgan fingerprint density at radius 1 is 1.30 bits per heavy atom. The molecule has 2 aromatic rings. The Morgan fingerprint density at radius 3 is 2.52 bits per heavy atom. The number of aromatic nitrogens is 1. The molecule has 1 N–H and O–H groups in total. The van der Waals surface area contributed by atoms with E-state index in [0.717, 1.165) is 5.01 Å². The maximum absolute atomic E-state index is 12.3. The number of rotatable bonds is 5. The Balaban J connectivity index is 2.16. The number of aryl methyl sites for hydroxylation is 1. The first-order valence-electron chi connectivity index (χ1n) is 7.28. The van der Waals surface area contributed by atoms with Gasteiger partial charge < -0.3 is 10.2 Å². The number of benzene rings is 1. The zero-order valence-corrected chi connectivity index (χ0v) is 14.8. The molecule has 5 nitrogen and oxygen atoms in total. The summed E-state index contributed by atoms with van der Waals surface area (Å²) in [5.74, 6) is -0.356. The lowest BCUT2D eigenvalue weighted by molar-refractivity contribution is 0.0773. The highest BCUT2D eigenvalue weighted by atomic mass is 35.5. The molecule has 0 fully saturated rings. The van der Waals surface area contributed by atoms with Crippen LogP contribution in [0.3, 0.4) is 0 Å². The lowest BCUT2D eigenvalue weighted by Gasteiger charge is -2.19. The number of nitrogens with zero attached hydrogens (tertiary/aromatic N) is 2. The van der Waals surface area contributed by atoms with Gasteiger partial charge in [0.2, 0.25) is 0 Å². The Bertz CT molecular complexity index is 726. The van der Waals surface area contributed by atoms with Crippen LogP contribution >= 0.6 is 22.9 Å². The van der Waals surface area contributed by atoms with Gasteiger partial charge in [0.1, 0.15) is 4.88 Å². The largest absolute Gasteiger partial charge is 0.339 e. The van der Waals surface area contributed by atoms with Crippen molar-refractivity contribution in [3.63, 3.8) is 0 Å². The van der Waals surface area contributed by atoms with Crippen LogP contribution < -0.4 is 5.32 Å². The molecule has 122 valence electrons. The van der Waals surface area contributed by atoms with Crippen molar-refractivity contribution in [1.82, 2.24) is 9.88 Å². The van der Waals surface area contributed by atoms with Crippen LogP contribution in [-0.4, -0.2) is 34.8 Å². The van der Waals surface area contributed by atoms with Crippen molar-refractivity contribution >= 4 is 40.4 Å². The van der Waals surface area contributed by atoms with Crippen LogP contribution in [0.25, 0.3) is 0 Å². The van der Waals surface area contributed by atoms with Gasteiger partial charge >= 0.3 is 0 Å². The van der Waals surface area contributed by atoms with Crippen molar-refractivity contribution < 1.29 is 9.59 Å².